The molecule has 0 aromatic heterocycles. The monoisotopic (exact) mass is 371 g/mol. The van der Waals surface area contributed by atoms with E-state index in [1.807, 2.05) is 25.1 Å². The number of benzene rings is 2. The molecule has 3 rings (SSSR count). The van der Waals surface area contributed by atoms with Crippen molar-refractivity contribution in [2.75, 3.05) is 18.4 Å². The third-order valence-corrected chi connectivity index (χ3v) is 5.26. The normalized spacial score (nSPS) is 16.1. The van der Waals surface area contributed by atoms with E-state index < -0.39 is 0 Å². The zero-order valence-electron chi connectivity index (χ0n) is 14.9. The number of ketones is 1. The average Bonchev–Trinajstić information content (AvgIpc) is 2.69. The minimum Gasteiger partial charge on any atom is -0.325 e. The lowest BCUT2D eigenvalue weighted by Crippen LogP contribution is -3.17. The Bertz CT molecular complexity index is 786. The van der Waals surface area contributed by atoms with Crippen LogP contribution in [0, 0.1) is 0 Å². The number of hydrogen-bond acceptors (Lipinski definition) is 2. The molecule has 0 bridgehead atoms. The first-order valence-corrected chi connectivity index (χ1v) is 9.49. The van der Waals surface area contributed by atoms with Crippen molar-refractivity contribution in [1.82, 2.24) is 0 Å². The average molecular weight is 372 g/mol. The van der Waals surface area contributed by atoms with Gasteiger partial charge in [0.1, 0.15) is 0 Å². The third kappa shape index (κ3) is 4.32. The summed E-state index contributed by atoms with van der Waals surface area (Å²) >= 11 is 6.10. The second-order valence-electron chi connectivity index (χ2n) is 6.81. The van der Waals surface area contributed by atoms with Crippen LogP contribution in [0.4, 0.5) is 5.69 Å². The van der Waals surface area contributed by atoms with Gasteiger partial charge in [0.25, 0.3) is 5.91 Å². The van der Waals surface area contributed by atoms with Crippen molar-refractivity contribution in [2.24, 2.45) is 0 Å². The molecule has 4 nitrogen and oxygen atoms in total. The highest BCUT2D eigenvalue weighted by Gasteiger charge is 2.27. The Kier molecular flexibility index (Phi) is 6.07. The van der Waals surface area contributed by atoms with Gasteiger partial charge in [0, 0.05) is 16.1 Å². The molecule has 2 N–H and O–H groups in total. The smallest absolute Gasteiger partial charge is 0.282 e. The Hall–Kier alpha value is -2.17. The Balaban J connectivity index is 1.81. The number of piperidine rings is 1. The number of halogens is 1. The van der Waals surface area contributed by atoms with Gasteiger partial charge in [-0.2, -0.15) is 0 Å². The number of likely N-dealkylation sites (tertiary alicyclic amines) is 1. The summed E-state index contributed by atoms with van der Waals surface area (Å²) in [4.78, 5) is 26.9. The molecule has 2 aromatic carbocycles. The number of carbonyl (C=O) groups is 2. The van der Waals surface area contributed by atoms with Crippen LogP contribution in [0.25, 0.3) is 0 Å². The van der Waals surface area contributed by atoms with Gasteiger partial charge in [-0.05, 0) is 44.4 Å². The highest BCUT2D eigenvalue weighted by molar-refractivity contribution is 6.31. The van der Waals surface area contributed by atoms with Crippen LogP contribution in [0.5, 0.6) is 0 Å². The molecular formula is C21H24ClN2O2+. The van der Waals surface area contributed by atoms with E-state index in [2.05, 4.69) is 5.32 Å². The predicted octanol–water partition coefficient (Wildman–Crippen LogP) is 2.97. The van der Waals surface area contributed by atoms with Gasteiger partial charge >= 0.3 is 0 Å². The van der Waals surface area contributed by atoms with Crippen LogP contribution in [-0.2, 0) is 4.79 Å². The molecule has 0 saturated carbocycles. The number of carbonyl (C=O) groups excluding carboxylic acids is 2. The zero-order valence-corrected chi connectivity index (χ0v) is 15.7. The van der Waals surface area contributed by atoms with Crippen LogP contribution in [0.15, 0.2) is 48.5 Å². The number of anilines is 1. The maximum Gasteiger partial charge on any atom is 0.282 e. The van der Waals surface area contributed by atoms with Crippen molar-refractivity contribution in [1.29, 1.82) is 0 Å². The lowest BCUT2D eigenvalue weighted by Gasteiger charge is -2.28. The fraction of sp³-hybridized carbons (Fsp3) is 0.333. The molecule has 0 unspecified atom stereocenters. The molecule has 1 aliphatic rings. The van der Waals surface area contributed by atoms with Crippen molar-refractivity contribution in [3.8, 4) is 0 Å². The molecule has 2 aromatic rings. The Morgan fingerprint density at radius 1 is 1.04 bits per heavy atom. The fourth-order valence-electron chi connectivity index (χ4n) is 3.42. The maximum absolute atomic E-state index is 12.9. The quantitative estimate of drug-likeness (QED) is 0.794. The van der Waals surface area contributed by atoms with E-state index in [0.29, 0.717) is 21.8 Å². The summed E-state index contributed by atoms with van der Waals surface area (Å²) in [6.45, 7) is 3.99. The van der Waals surface area contributed by atoms with Crippen molar-refractivity contribution in [2.45, 2.75) is 32.2 Å². The van der Waals surface area contributed by atoms with Gasteiger partial charge in [0.05, 0.1) is 18.8 Å². The van der Waals surface area contributed by atoms with E-state index in [1.54, 1.807) is 30.3 Å². The van der Waals surface area contributed by atoms with Crippen LogP contribution in [-0.4, -0.2) is 30.8 Å². The molecule has 1 saturated heterocycles. The molecule has 0 aliphatic carbocycles. The lowest BCUT2D eigenvalue weighted by atomic mass is 10.0. The maximum atomic E-state index is 12.9. The Morgan fingerprint density at radius 2 is 1.73 bits per heavy atom. The summed E-state index contributed by atoms with van der Waals surface area (Å²) in [6.07, 6.45) is 3.56. The summed E-state index contributed by atoms with van der Waals surface area (Å²) in [6, 6.07) is 13.9. The minimum atomic E-state index is -0.152. The molecule has 1 aliphatic heterocycles. The van der Waals surface area contributed by atoms with Crippen LogP contribution in [0.1, 0.15) is 42.1 Å². The molecule has 26 heavy (non-hydrogen) atoms. The summed E-state index contributed by atoms with van der Waals surface area (Å²) in [7, 11) is 0. The van der Waals surface area contributed by atoms with E-state index in [1.165, 1.54) is 11.3 Å². The topological polar surface area (TPSA) is 50.6 Å². The molecular weight excluding hydrogens is 348 g/mol. The first-order chi connectivity index (χ1) is 12.6. The zero-order chi connectivity index (χ0) is 18.5. The lowest BCUT2D eigenvalue weighted by molar-refractivity contribution is -0.918. The van der Waals surface area contributed by atoms with E-state index in [4.69, 9.17) is 11.6 Å². The van der Waals surface area contributed by atoms with E-state index >= 15 is 0 Å². The van der Waals surface area contributed by atoms with Crippen molar-refractivity contribution < 1.29 is 14.5 Å². The molecule has 0 spiro atoms. The summed E-state index contributed by atoms with van der Waals surface area (Å²) in [5.41, 5.74) is 1.49. The van der Waals surface area contributed by atoms with Gasteiger partial charge < -0.3 is 10.2 Å². The van der Waals surface area contributed by atoms with Gasteiger partial charge in [-0.15, -0.1) is 0 Å². The molecule has 0 radical (unpaired) electrons. The largest absolute Gasteiger partial charge is 0.325 e. The van der Waals surface area contributed by atoms with Crippen LogP contribution in [0.3, 0.4) is 0 Å². The predicted molar refractivity (Wildman–Crippen MR) is 104 cm³/mol. The highest BCUT2D eigenvalue weighted by Crippen LogP contribution is 2.24. The third-order valence-electron chi connectivity index (χ3n) is 5.02. The van der Waals surface area contributed by atoms with Crippen LogP contribution >= 0.6 is 11.6 Å². The van der Waals surface area contributed by atoms with E-state index in [9.17, 15) is 9.59 Å². The van der Waals surface area contributed by atoms with Gasteiger partial charge in [0.2, 0.25) is 0 Å². The Morgan fingerprint density at radius 3 is 2.42 bits per heavy atom. The number of quaternary nitrogens is 1. The van der Waals surface area contributed by atoms with Crippen molar-refractivity contribution in [3.63, 3.8) is 0 Å². The molecule has 1 atom stereocenters. The number of rotatable bonds is 5. The molecule has 136 valence electrons. The molecule has 1 heterocycles. The molecule has 5 heteroatoms. The van der Waals surface area contributed by atoms with Gasteiger partial charge in [-0.25, -0.2) is 0 Å². The summed E-state index contributed by atoms with van der Waals surface area (Å²) in [5, 5.41) is 3.42. The fourth-order valence-corrected chi connectivity index (χ4v) is 3.60. The molecule has 1 amide bonds. The molecule has 1 fully saturated rings. The van der Waals surface area contributed by atoms with Crippen molar-refractivity contribution >= 4 is 29.0 Å². The second kappa shape index (κ2) is 8.47. The Labute approximate surface area is 159 Å². The first-order valence-electron chi connectivity index (χ1n) is 9.11. The number of amides is 1. The minimum absolute atomic E-state index is 0.0636. The number of nitrogens with one attached hydrogen (secondary N) is 2. The van der Waals surface area contributed by atoms with E-state index in [0.717, 1.165) is 25.9 Å². The summed E-state index contributed by atoms with van der Waals surface area (Å²) < 4.78 is 0. The SMILES string of the molecule is C[C@@H](C(=O)Nc1ccc(Cl)cc1C(=O)c1ccccc1)[NH+]1CCCCC1. The summed E-state index contributed by atoms with van der Waals surface area (Å²) in [5.74, 6) is -0.215. The number of hydrogen-bond donors (Lipinski definition) is 2. The highest BCUT2D eigenvalue weighted by atomic mass is 35.5. The first kappa shape index (κ1) is 18.6. The van der Waals surface area contributed by atoms with Crippen LogP contribution < -0.4 is 10.2 Å². The second-order valence-corrected chi connectivity index (χ2v) is 7.25. The van der Waals surface area contributed by atoms with E-state index in [-0.39, 0.29) is 17.7 Å². The van der Waals surface area contributed by atoms with Gasteiger partial charge in [-0.1, -0.05) is 41.9 Å². The van der Waals surface area contributed by atoms with Gasteiger partial charge in [0.15, 0.2) is 11.8 Å². The standard InChI is InChI=1S/C21H23ClN2O2/c1-15(24-12-6-3-7-13-24)21(26)23-19-11-10-17(22)14-18(19)20(25)16-8-4-2-5-9-16/h2,4-5,8-11,14-15H,3,6-7,12-13H2,1H3,(H,23,26)/p+1/t15-/m0/s1. The van der Waals surface area contributed by atoms with Crippen LogP contribution in [0.2, 0.25) is 5.02 Å². The van der Waals surface area contributed by atoms with Crippen molar-refractivity contribution in [3.05, 3.63) is 64.7 Å². The van der Waals surface area contributed by atoms with Gasteiger partial charge in [-0.3, -0.25) is 9.59 Å².